The molecule has 0 spiro atoms. The van der Waals surface area contributed by atoms with Gasteiger partial charge in [-0.05, 0) is 13.8 Å². The predicted octanol–water partition coefficient (Wildman–Crippen LogP) is 1.41. The number of rotatable bonds is 6. The number of nitro groups is 1. The maximum atomic E-state index is 11.2. The zero-order chi connectivity index (χ0) is 14.4. The standard InChI is InChI=1S/C11H16N6O2/c1-4-13-10-9(17(18)19)11(15-7-14-10)16(3)6-8(2)5-12/h7-8H,4,6H2,1-3H3,(H,13,14,15). The summed E-state index contributed by atoms with van der Waals surface area (Å²) in [6.07, 6.45) is 1.27. The molecule has 0 aliphatic rings. The number of aromatic nitrogens is 2. The van der Waals surface area contributed by atoms with Crippen LogP contribution in [-0.4, -0.2) is 35.0 Å². The average Bonchev–Trinajstić information content (AvgIpc) is 2.38. The van der Waals surface area contributed by atoms with Gasteiger partial charge >= 0.3 is 5.69 Å². The van der Waals surface area contributed by atoms with Crippen LogP contribution in [0.25, 0.3) is 0 Å². The summed E-state index contributed by atoms with van der Waals surface area (Å²) >= 11 is 0. The first-order valence-corrected chi connectivity index (χ1v) is 5.85. The monoisotopic (exact) mass is 264 g/mol. The molecule has 8 nitrogen and oxygen atoms in total. The smallest absolute Gasteiger partial charge is 0.353 e. The fourth-order valence-electron chi connectivity index (χ4n) is 1.65. The summed E-state index contributed by atoms with van der Waals surface area (Å²) in [6, 6.07) is 2.08. The minimum atomic E-state index is -0.513. The summed E-state index contributed by atoms with van der Waals surface area (Å²) in [6.45, 7) is 4.46. The van der Waals surface area contributed by atoms with Gasteiger partial charge in [-0.2, -0.15) is 5.26 Å². The van der Waals surface area contributed by atoms with Gasteiger partial charge in [-0.3, -0.25) is 10.1 Å². The Hall–Kier alpha value is -2.43. The Morgan fingerprint density at radius 2 is 2.32 bits per heavy atom. The maximum absolute atomic E-state index is 11.2. The van der Waals surface area contributed by atoms with Gasteiger partial charge < -0.3 is 10.2 Å². The van der Waals surface area contributed by atoms with Crippen LogP contribution >= 0.6 is 0 Å². The summed E-state index contributed by atoms with van der Waals surface area (Å²) in [5.74, 6) is 0.147. The normalized spacial score (nSPS) is 11.5. The molecule has 1 unspecified atom stereocenters. The van der Waals surface area contributed by atoms with Crippen LogP contribution < -0.4 is 10.2 Å². The number of nitriles is 1. The highest BCUT2D eigenvalue weighted by Crippen LogP contribution is 2.31. The van der Waals surface area contributed by atoms with E-state index in [0.29, 0.717) is 13.1 Å². The second kappa shape index (κ2) is 6.49. The molecule has 1 heterocycles. The lowest BCUT2D eigenvalue weighted by Gasteiger charge is -2.19. The highest BCUT2D eigenvalue weighted by atomic mass is 16.6. The average molecular weight is 264 g/mol. The summed E-state index contributed by atoms with van der Waals surface area (Å²) in [7, 11) is 1.67. The van der Waals surface area contributed by atoms with Crippen molar-refractivity contribution in [3.05, 3.63) is 16.4 Å². The lowest BCUT2D eigenvalue weighted by Crippen LogP contribution is -2.25. The van der Waals surface area contributed by atoms with E-state index in [-0.39, 0.29) is 23.2 Å². The number of anilines is 2. The fraction of sp³-hybridized carbons (Fsp3) is 0.545. The lowest BCUT2D eigenvalue weighted by molar-refractivity contribution is -0.383. The molecular formula is C11H16N6O2. The Kier molecular flexibility index (Phi) is 5.00. The van der Waals surface area contributed by atoms with Crippen LogP contribution in [0.15, 0.2) is 6.33 Å². The molecule has 1 N–H and O–H groups in total. The summed E-state index contributed by atoms with van der Waals surface area (Å²) in [4.78, 5) is 20.1. The SMILES string of the molecule is CCNc1ncnc(N(C)CC(C)C#N)c1[N+](=O)[O-]. The van der Waals surface area contributed by atoms with Crippen LogP contribution in [0.4, 0.5) is 17.3 Å². The molecule has 0 amide bonds. The van der Waals surface area contributed by atoms with Crippen molar-refractivity contribution in [1.29, 1.82) is 5.26 Å². The Labute approximate surface area is 111 Å². The Morgan fingerprint density at radius 1 is 1.63 bits per heavy atom. The van der Waals surface area contributed by atoms with Crippen molar-refractivity contribution in [2.75, 3.05) is 30.4 Å². The van der Waals surface area contributed by atoms with Crippen LogP contribution in [0.1, 0.15) is 13.8 Å². The van der Waals surface area contributed by atoms with E-state index in [1.54, 1.807) is 18.9 Å². The minimum absolute atomic E-state index is 0.169. The Morgan fingerprint density at radius 3 is 2.84 bits per heavy atom. The van der Waals surface area contributed by atoms with E-state index in [2.05, 4.69) is 21.4 Å². The highest BCUT2D eigenvalue weighted by Gasteiger charge is 2.25. The third kappa shape index (κ3) is 3.51. The Balaban J connectivity index is 3.16. The van der Waals surface area contributed by atoms with Gasteiger partial charge in [0.25, 0.3) is 0 Å². The quantitative estimate of drug-likeness (QED) is 0.611. The van der Waals surface area contributed by atoms with E-state index in [1.807, 2.05) is 6.92 Å². The fourth-order valence-corrected chi connectivity index (χ4v) is 1.65. The van der Waals surface area contributed by atoms with E-state index in [0.717, 1.165) is 0 Å². The van der Waals surface area contributed by atoms with E-state index >= 15 is 0 Å². The number of nitrogens with zero attached hydrogens (tertiary/aromatic N) is 5. The van der Waals surface area contributed by atoms with E-state index in [4.69, 9.17) is 5.26 Å². The number of hydrogen-bond acceptors (Lipinski definition) is 7. The van der Waals surface area contributed by atoms with Gasteiger partial charge in [0, 0.05) is 20.1 Å². The zero-order valence-corrected chi connectivity index (χ0v) is 11.1. The Bertz CT molecular complexity index is 498. The van der Waals surface area contributed by atoms with Crippen LogP contribution in [0.5, 0.6) is 0 Å². The molecule has 0 saturated heterocycles. The molecular weight excluding hydrogens is 248 g/mol. The molecule has 1 rings (SSSR count). The van der Waals surface area contributed by atoms with Gasteiger partial charge in [-0.25, -0.2) is 9.97 Å². The highest BCUT2D eigenvalue weighted by molar-refractivity contribution is 5.70. The topological polar surface area (TPSA) is 108 Å². The first kappa shape index (κ1) is 14.6. The van der Waals surface area contributed by atoms with Gasteiger partial charge in [-0.1, -0.05) is 0 Å². The maximum Gasteiger partial charge on any atom is 0.353 e. The summed E-state index contributed by atoms with van der Waals surface area (Å²) in [5, 5.41) is 22.8. The van der Waals surface area contributed by atoms with Crippen LogP contribution in [0.3, 0.4) is 0 Å². The molecule has 0 fully saturated rings. The molecule has 1 atom stereocenters. The molecule has 1 aromatic heterocycles. The first-order valence-electron chi connectivity index (χ1n) is 5.85. The molecule has 8 heteroatoms. The molecule has 0 aliphatic heterocycles. The first-order chi connectivity index (χ1) is 9.01. The van der Waals surface area contributed by atoms with E-state index < -0.39 is 4.92 Å². The van der Waals surface area contributed by atoms with Gasteiger partial charge in [0.1, 0.15) is 6.33 Å². The van der Waals surface area contributed by atoms with Gasteiger partial charge in [0.2, 0.25) is 11.6 Å². The van der Waals surface area contributed by atoms with Crippen molar-refractivity contribution in [3.8, 4) is 6.07 Å². The largest absolute Gasteiger partial charge is 0.364 e. The third-order valence-electron chi connectivity index (χ3n) is 2.46. The van der Waals surface area contributed by atoms with E-state index in [9.17, 15) is 10.1 Å². The van der Waals surface area contributed by atoms with Gasteiger partial charge in [0.05, 0.1) is 16.9 Å². The second-order valence-electron chi connectivity index (χ2n) is 4.09. The second-order valence-corrected chi connectivity index (χ2v) is 4.09. The molecule has 0 aromatic carbocycles. The minimum Gasteiger partial charge on any atom is -0.364 e. The molecule has 19 heavy (non-hydrogen) atoms. The van der Waals surface area contributed by atoms with Crippen LogP contribution in [0.2, 0.25) is 0 Å². The zero-order valence-electron chi connectivity index (χ0n) is 11.1. The van der Waals surface area contributed by atoms with Gasteiger partial charge in [-0.15, -0.1) is 0 Å². The predicted molar refractivity (Wildman–Crippen MR) is 70.9 cm³/mol. The molecule has 0 radical (unpaired) electrons. The molecule has 0 aliphatic carbocycles. The number of nitrogens with one attached hydrogen (secondary N) is 1. The van der Waals surface area contributed by atoms with Crippen molar-refractivity contribution in [3.63, 3.8) is 0 Å². The number of hydrogen-bond donors (Lipinski definition) is 1. The van der Waals surface area contributed by atoms with Crippen molar-refractivity contribution in [2.24, 2.45) is 5.92 Å². The van der Waals surface area contributed by atoms with E-state index in [1.165, 1.54) is 6.33 Å². The lowest BCUT2D eigenvalue weighted by atomic mass is 10.2. The van der Waals surface area contributed by atoms with Gasteiger partial charge in [0.15, 0.2) is 0 Å². The van der Waals surface area contributed by atoms with Crippen LogP contribution in [0, 0.1) is 27.4 Å². The molecule has 102 valence electrons. The summed E-state index contributed by atoms with van der Waals surface area (Å²) in [5.41, 5.74) is -0.169. The van der Waals surface area contributed by atoms with Crippen molar-refractivity contribution < 1.29 is 4.92 Å². The molecule has 0 saturated carbocycles. The molecule has 0 bridgehead atoms. The van der Waals surface area contributed by atoms with Crippen molar-refractivity contribution >= 4 is 17.3 Å². The summed E-state index contributed by atoms with van der Waals surface area (Å²) < 4.78 is 0. The molecule has 1 aromatic rings. The third-order valence-corrected chi connectivity index (χ3v) is 2.46. The van der Waals surface area contributed by atoms with Crippen molar-refractivity contribution in [1.82, 2.24) is 9.97 Å². The van der Waals surface area contributed by atoms with Crippen molar-refractivity contribution in [2.45, 2.75) is 13.8 Å². The van der Waals surface area contributed by atoms with Crippen LogP contribution in [-0.2, 0) is 0 Å².